The summed E-state index contributed by atoms with van der Waals surface area (Å²) in [5.41, 5.74) is 0. The number of phosphoric acid groups is 1. The summed E-state index contributed by atoms with van der Waals surface area (Å²) >= 11 is 9.36. The molecule has 0 fully saturated rings. The third-order valence-corrected chi connectivity index (χ3v) is 11.7. The van der Waals surface area contributed by atoms with Crippen LogP contribution in [0.5, 0.6) is 0 Å². The first-order valence-electron chi connectivity index (χ1n) is 14.2. The van der Waals surface area contributed by atoms with Crippen molar-refractivity contribution in [1.82, 2.24) is 0 Å². The molecular weight excluding hydrogens is 573 g/mol. The van der Waals surface area contributed by atoms with Gasteiger partial charge in [-0.2, -0.15) is 0 Å². The summed E-state index contributed by atoms with van der Waals surface area (Å²) in [4.78, 5) is 29.3. The van der Waals surface area contributed by atoms with Gasteiger partial charge in [0.1, 0.15) is 0 Å². The van der Waals surface area contributed by atoms with Gasteiger partial charge in [0.15, 0.2) is 0 Å². The van der Waals surface area contributed by atoms with Gasteiger partial charge in [-0.1, -0.05) is 129 Å². The molecule has 0 aliphatic carbocycles. The molecule has 0 aliphatic rings. The van der Waals surface area contributed by atoms with E-state index in [4.69, 9.17) is 25.2 Å². The number of hydrogen-bond acceptors (Lipinski definition) is 7. The van der Waals surface area contributed by atoms with Gasteiger partial charge >= 0.3 is 21.3 Å². The summed E-state index contributed by atoms with van der Waals surface area (Å²) in [6, 6.07) is 0. The largest absolute Gasteiger partial charge is 0.489 e. The molecule has 0 saturated heterocycles. The second kappa shape index (κ2) is 23.9. The molecular formula is C24H53O8P3S2. The molecule has 2 atom stereocenters. The van der Waals surface area contributed by atoms with E-state index >= 15 is 0 Å². The molecule has 0 aromatic heterocycles. The van der Waals surface area contributed by atoms with E-state index in [2.05, 4.69) is 30.0 Å². The Morgan fingerprint density at radius 1 is 0.514 bits per heavy atom. The molecule has 13 heteroatoms. The number of hydrogen-bond donors (Lipinski definition) is 3. The first kappa shape index (κ1) is 38.2. The summed E-state index contributed by atoms with van der Waals surface area (Å²) in [6.45, 7) is -3.84. The maximum atomic E-state index is 12.9. The van der Waals surface area contributed by atoms with Crippen LogP contribution in [-0.4, -0.2) is 27.9 Å². The molecule has 0 heterocycles. The standard InChI is InChI=1S/C24H53O8P3S2/c1-3-5-7-9-11-13-15-17-19-21-23-29-34(27,31-33(25,26)36)32-35(28,37)30-24-22-20-18-16-14-12-10-8-6-4-2/h3-24H2,1-2H3,(H,28,37)(H2,25,26,36). The molecule has 0 aromatic rings. The van der Waals surface area contributed by atoms with Crippen molar-refractivity contribution in [2.45, 2.75) is 142 Å². The van der Waals surface area contributed by atoms with Crippen molar-refractivity contribution in [2.24, 2.45) is 0 Å². The highest BCUT2D eigenvalue weighted by Crippen LogP contribution is 2.69. The lowest BCUT2D eigenvalue weighted by Crippen LogP contribution is -2.02. The lowest BCUT2D eigenvalue weighted by Gasteiger charge is -2.23. The molecule has 3 N–H and O–H groups in total. The third kappa shape index (κ3) is 27.2. The Hall–Kier alpha value is 1.25. The summed E-state index contributed by atoms with van der Waals surface area (Å²) < 4.78 is 33.0. The van der Waals surface area contributed by atoms with E-state index in [9.17, 15) is 19.2 Å². The van der Waals surface area contributed by atoms with Gasteiger partial charge in [-0.25, -0.2) is 13.2 Å². The van der Waals surface area contributed by atoms with Gasteiger partial charge in [0, 0.05) is 0 Å². The molecule has 224 valence electrons. The molecule has 8 nitrogen and oxygen atoms in total. The van der Waals surface area contributed by atoms with Crippen LogP contribution in [-0.2, 0) is 45.8 Å². The predicted octanol–water partition coefficient (Wildman–Crippen LogP) is 9.43. The van der Waals surface area contributed by atoms with E-state index in [-0.39, 0.29) is 13.2 Å². The van der Waals surface area contributed by atoms with Gasteiger partial charge in [0.25, 0.3) is 0 Å². The molecule has 0 radical (unpaired) electrons. The zero-order valence-electron chi connectivity index (χ0n) is 23.1. The van der Waals surface area contributed by atoms with Gasteiger partial charge in [-0.05, 0) is 36.5 Å². The van der Waals surface area contributed by atoms with Crippen LogP contribution >= 0.6 is 21.3 Å². The molecule has 0 aromatic carbocycles. The van der Waals surface area contributed by atoms with Gasteiger partial charge in [-0.3, -0.25) is 4.52 Å². The molecule has 0 spiro atoms. The second-order valence-electron chi connectivity index (χ2n) is 9.60. The van der Waals surface area contributed by atoms with Crippen molar-refractivity contribution in [3.8, 4) is 0 Å². The SMILES string of the molecule is CCCCCCCCCCCCOP(=O)(OP(O)(O)=S)OP(O)(=S)OCCCCCCCCCCCC. The van der Waals surface area contributed by atoms with Crippen LogP contribution in [0.3, 0.4) is 0 Å². The minimum absolute atomic E-state index is 0.0170. The van der Waals surface area contributed by atoms with Crippen molar-refractivity contribution < 1.29 is 36.9 Å². The van der Waals surface area contributed by atoms with Crippen LogP contribution in [0.4, 0.5) is 0 Å². The molecule has 0 aliphatic heterocycles. The van der Waals surface area contributed by atoms with Crippen LogP contribution in [0.25, 0.3) is 0 Å². The number of rotatable bonds is 28. The minimum atomic E-state index is -4.61. The highest BCUT2D eigenvalue weighted by Gasteiger charge is 2.39. The fourth-order valence-corrected chi connectivity index (χ4v) is 9.29. The molecule has 0 bridgehead atoms. The summed E-state index contributed by atoms with van der Waals surface area (Å²) in [7, 11) is -4.61. The monoisotopic (exact) mass is 626 g/mol. The quantitative estimate of drug-likeness (QED) is 0.0573. The van der Waals surface area contributed by atoms with Gasteiger partial charge in [-0.15, -0.1) is 0 Å². The van der Waals surface area contributed by atoms with Gasteiger partial charge < -0.3 is 19.2 Å². The zero-order valence-corrected chi connectivity index (χ0v) is 27.4. The van der Waals surface area contributed by atoms with Crippen molar-refractivity contribution in [2.75, 3.05) is 13.2 Å². The average Bonchev–Trinajstić information content (AvgIpc) is 2.79. The van der Waals surface area contributed by atoms with Crippen LogP contribution in [0.15, 0.2) is 0 Å². The molecule has 0 amide bonds. The fraction of sp³-hybridized carbons (Fsp3) is 1.00. The predicted molar refractivity (Wildman–Crippen MR) is 161 cm³/mol. The zero-order chi connectivity index (χ0) is 27.9. The summed E-state index contributed by atoms with van der Waals surface area (Å²) in [6.07, 6.45) is 22.5. The van der Waals surface area contributed by atoms with E-state index in [1.54, 1.807) is 0 Å². The Balaban J connectivity index is 4.20. The van der Waals surface area contributed by atoms with E-state index in [0.29, 0.717) is 12.8 Å². The molecule has 0 rings (SSSR count). The second-order valence-corrected chi connectivity index (χ2v) is 17.0. The highest BCUT2D eigenvalue weighted by molar-refractivity contribution is 8.10. The maximum absolute atomic E-state index is 12.9. The van der Waals surface area contributed by atoms with Gasteiger partial charge in [0.05, 0.1) is 13.2 Å². The minimum Gasteiger partial charge on any atom is -0.324 e. The Kier molecular flexibility index (Phi) is 24.7. The molecule has 0 saturated carbocycles. The van der Waals surface area contributed by atoms with Crippen molar-refractivity contribution in [1.29, 1.82) is 0 Å². The third-order valence-electron chi connectivity index (χ3n) is 5.91. The summed E-state index contributed by atoms with van der Waals surface area (Å²) in [5.74, 6) is 0. The van der Waals surface area contributed by atoms with Gasteiger partial charge in [0.2, 0.25) is 0 Å². The highest BCUT2D eigenvalue weighted by atomic mass is 32.5. The Morgan fingerprint density at radius 2 is 0.838 bits per heavy atom. The Bertz CT molecular complexity index is 678. The molecule has 37 heavy (non-hydrogen) atoms. The first-order chi connectivity index (χ1) is 17.5. The van der Waals surface area contributed by atoms with Crippen molar-refractivity contribution in [3.05, 3.63) is 0 Å². The fourth-order valence-electron chi connectivity index (χ4n) is 3.88. The van der Waals surface area contributed by atoms with E-state index < -0.39 is 21.3 Å². The van der Waals surface area contributed by atoms with E-state index in [1.165, 1.54) is 77.0 Å². The Labute approximate surface area is 236 Å². The summed E-state index contributed by atoms with van der Waals surface area (Å²) in [5, 5.41) is 0. The lowest BCUT2D eigenvalue weighted by atomic mass is 10.1. The van der Waals surface area contributed by atoms with Crippen LogP contribution in [0.1, 0.15) is 142 Å². The van der Waals surface area contributed by atoms with E-state index in [0.717, 1.165) is 38.5 Å². The number of unbranched alkanes of at least 4 members (excludes halogenated alkanes) is 18. The van der Waals surface area contributed by atoms with Crippen molar-refractivity contribution >= 4 is 44.9 Å². The van der Waals surface area contributed by atoms with E-state index in [1.807, 2.05) is 0 Å². The first-order valence-corrected chi connectivity index (χ1v) is 20.9. The smallest absolute Gasteiger partial charge is 0.324 e. The van der Waals surface area contributed by atoms with Crippen LogP contribution in [0.2, 0.25) is 0 Å². The molecule has 2 unspecified atom stereocenters. The van der Waals surface area contributed by atoms with Crippen molar-refractivity contribution in [3.63, 3.8) is 0 Å². The maximum Gasteiger partial charge on any atom is 0.489 e. The normalized spacial score (nSPS) is 15.5. The average molecular weight is 627 g/mol. The Morgan fingerprint density at radius 3 is 1.19 bits per heavy atom. The van der Waals surface area contributed by atoms with Crippen LogP contribution in [0, 0.1) is 0 Å². The lowest BCUT2D eigenvalue weighted by molar-refractivity contribution is 0.174. The van der Waals surface area contributed by atoms with Crippen LogP contribution < -0.4 is 0 Å². The topological polar surface area (TPSA) is 115 Å².